The number of fused-ring (bicyclic) bond motifs is 1. The summed E-state index contributed by atoms with van der Waals surface area (Å²) in [4.78, 5) is 8.97. The summed E-state index contributed by atoms with van der Waals surface area (Å²) in [6, 6.07) is 10.6. The highest BCUT2D eigenvalue weighted by molar-refractivity contribution is 5.91. The number of aryl methyl sites for hydroxylation is 1. The Morgan fingerprint density at radius 3 is 2.59 bits per heavy atom. The van der Waals surface area contributed by atoms with Crippen molar-refractivity contribution in [2.75, 3.05) is 6.61 Å². The van der Waals surface area contributed by atoms with Gasteiger partial charge in [0.15, 0.2) is 0 Å². The number of ether oxygens (including phenoxy) is 1. The van der Waals surface area contributed by atoms with E-state index in [1.807, 2.05) is 23.9 Å². The average Bonchev–Trinajstić information content (AvgIpc) is 3.14. The maximum Gasteiger partial charge on any atom is 0.234 e. The van der Waals surface area contributed by atoms with Gasteiger partial charge in [-0.1, -0.05) is 38.5 Å². The molecule has 0 aliphatic heterocycles. The van der Waals surface area contributed by atoms with Crippen LogP contribution in [0.15, 0.2) is 30.5 Å². The lowest BCUT2D eigenvalue weighted by Crippen LogP contribution is -2.14. The molecule has 1 aromatic carbocycles. The van der Waals surface area contributed by atoms with Gasteiger partial charge in [-0.15, -0.1) is 12.4 Å². The van der Waals surface area contributed by atoms with Gasteiger partial charge in [0.2, 0.25) is 5.82 Å². The zero-order valence-electron chi connectivity index (χ0n) is 18.7. The van der Waals surface area contributed by atoms with Crippen LogP contribution in [0.25, 0.3) is 22.3 Å². The molecular formula is C26H31ClN4O. The molecule has 2 saturated carbocycles. The maximum atomic E-state index is 9.43. The Balaban J connectivity index is 0.00000245. The van der Waals surface area contributed by atoms with Crippen molar-refractivity contribution >= 4 is 23.4 Å². The summed E-state index contributed by atoms with van der Waals surface area (Å²) in [5.41, 5.74) is 3.96. The van der Waals surface area contributed by atoms with Gasteiger partial charge in [-0.3, -0.25) is 0 Å². The van der Waals surface area contributed by atoms with Crippen molar-refractivity contribution in [3.63, 3.8) is 0 Å². The molecule has 2 aliphatic rings. The minimum Gasteiger partial charge on any atom is -0.493 e. The molecule has 6 heteroatoms. The first kappa shape index (κ1) is 22.6. The van der Waals surface area contributed by atoms with Crippen LogP contribution in [-0.4, -0.2) is 21.1 Å². The van der Waals surface area contributed by atoms with Crippen molar-refractivity contribution in [1.29, 1.82) is 5.26 Å². The molecule has 0 bridgehead atoms. The Bertz CT molecular complexity index is 1120. The summed E-state index contributed by atoms with van der Waals surface area (Å²) >= 11 is 0. The van der Waals surface area contributed by atoms with E-state index in [0.717, 1.165) is 47.0 Å². The van der Waals surface area contributed by atoms with Gasteiger partial charge in [0.25, 0.3) is 0 Å². The lowest BCUT2D eigenvalue weighted by atomic mass is 9.79. The first-order valence-corrected chi connectivity index (χ1v) is 11.7. The van der Waals surface area contributed by atoms with Crippen LogP contribution in [0.4, 0.5) is 0 Å². The van der Waals surface area contributed by atoms with Crippen LogP contribution >= 0.6 is 12.4 Å². The van der Waals surface area contributed by atoms with Crippen LogP contribution < -0.4 is 4.74 Å². The van der Waals surface area contributed by atoms with E-state index < -0.39 is 0 Å². The molecule has 0 spiro atoms. The molecule has 0 saturated heterocycles. The van der Waals surface area contributed by atoms with Crippen molar-refractivity contribution in [3.05, 3.63) is 41.9 Å². The number of rotatable bonds is 6. The number of nitriles is 1. The van der Waals surface area contributed by atoms with Crippen LogP contribution in [0.3, 0.4) is 0 Å². The first-order valence-electron chi connectivity index (χ1n) is 11.7. The molecule has 0 radical (unpaired) electrons. The number of nitrogens with zero attached hydrogens (tertiary/aromatic N) is 4. The fourth-order valence-corrected chi connectivity index (χ4v) is 5.08. The standard InChI is InChI=1S/C26H30N4O.ClH/c1-30-14-12-21-25(28-24(17-27)29-26(21)30)20-10-11-23(22(16-20)19-8-5-9-19)31-15-13-18-6-3-2-4-7-18;/h10-12,14,16,18-19H,2-9,13,15H2,1H3;1H. The number of benzene rings is 1. The maximum absolute atomic E-state index is 9.43. The second-order valence-corrected chi connectivity index (χ2v) is 9.19. The van der Waals surface area contributed by atoms with E-state index in [-0.39, 0.29) is 18.2 Å². The van der Waals surface area contributed by atoms with Crippen LogP contribution in [-0.2, 0) is 7.05 Å². The predicted octanol–water partition coefficient (Wildman–Crippen LogP) is 6.55. The van der Waals surface area contributed by atoms with E-state index in [1.165, 1.54) is 56.9 Å². The molecule has 0 atom stereocenters. The Morgan fingerprint density at radius 2 is 1.88 bits per heavy atom. The molecule has 5 rings (SSSR count). The minimum absolute atomic E-state index is 0. The topological polar surface area (TPSA) is 63.7 Å². The lowest BCUT2D eigenvalue weighted by Gasteiger charge is -2.28. The second kappa shape index (κ2) is 9.92. The minimum atomic E-state index is 0. The van der Waals surface area contributed by atoms with Gasteiger partial charge in [-0.05, 0) is 60.9 Å². The molecule has 3 aromatic rings. The van der Waals surface area contributed by atoms with Gasteiger partial charge in [0, 0.05) is 24.2 Å². The summed E-state index contributed by atoms with van der Waals surface area (Å²) in [6.07, 6.45) is 13.7. The van der Waals surface area contributed by atoms with E-state index in [2.05, 4.69) is 34.2 Å². The summed E-state index contributed by atoms with van der Waals surface area (Å²) in [5, 5.41) is 10.4. The SMILES string of the molecule is Cl.Cn1ccc2c(-c3ccc(OCCC4CCCCC4)c(C4CCC4)c3)nc(C#N)nc21. The number of aromatic nitrogens is 3. The Hall–Kier alpha value is -2.58. The molecular weight excluding hydrogens is 420 g/mol. The fourth-order valence-electron chi connectivity index (χ4n) is 5.08. The second-order valence-electron chi connectivity index (χ2n) is 9.19. The van der Waals surface area contributed by atoms with Gasteiger partial charge < -0.3 is 9.30 Å². The summed E-state index contributed by atoms with van der Waals surface area (Å²) < 4.78 is 8.28. The monoisotopic (exact) mass is 450 g/mol. The van der Waals surface area contributed by atoms with Crippen molar-refractivity contribution in [1.82, 2.24) is 14.5 Å². The summed E-state index contributed by atoms with van der Waals surface area (Å²) in [5.74, 6) is 2.63. The number of hydrogen-bond donors (Lipinski definition) is 0. The van der Waals surface area contributed by atoms with Gasteiger partial charge in [0.1, 0.15) is 17.5 Å². The van der Waals surface area contributed by atoms with Crippen LogP contribution in [0, 0.1) is 17.2 Å². The van der Waals surface area contributed by atoms with Crippen LogP contribution in [0.5, 0.6) is 5.75 Å². The van der Waals surface area contributed by atoms with E-state index in [0.29, 0.717) is 5.92 Å². The zero-order chi connectivity index (χ0) is 21.2. The van der Waals surface area contributed by atoms with Crippen molar-refractivity contribution in [3.8, 4) is 23.1 Å². The van der Waals surface area contributed by atoms with Crippen molar-refractivity contribution < 1.29 is 4.74 Å². The van der Waals surface area contributed by atoms with Gasteiger partial charge in [0.05, 0.1) is 12.3 Å². The molecule has 0 amide bonds. The van der Waals surface area contributed by atoms with E-state index in [9.17, 15) is 5.26 Å². The highest BCUT2D eigenvalue weighted by Crippen LogP contribution is 2.43. The molecule has 32 heavy (non-hydrogen) atoms. The number of halogens is 1. The number of hydrogen-bond acceptors (Lipinski definition) is 4. The van der Waals surface area contributed by atoms with E-state index in [4.69, 9.17) is 4.74 Å². The molecule has 168 valence electrons. The Labute approximate surface area is 196 Å². The van der Waals surface area contributed by atoms with Gasteiger partial charge in [-0.25, -0.2) is 9.97 Å². The highest BCUT2D eigenvalue weighted by Gasteiger charge is 2.25. The van der Waals surface area contributed by atoms with Gasteiger partial charge in [-0.2, -0.15) is 5.26 Å². The molecule has 0 N–H and O–H groups in total. The third-order valence-corrected chi connectivity index (χ3v) is 7.16. The van der Waals surface area contributed by atoms with Gasteiger partial charge >= 0.3 is 0 Å². The summed E-state index contributed by atoms with van der Waals surface area (Å²) in [7, 11) is 1.95. The quantitative estimate of drug-likeness (QED) is 0.427. The van der Waals surface area contributed by atoms with Crippen molar-refractivity contribution in [2.24, 2.45) is 13.0 Å². The largest absolute Gasteiger partial charge is 0.493 e. The summed E-state index contributed by atoms with van der Waals surface area (Å²) in [6.45, 7) is 0.804. The Morgan fingerprint density at radius 1 is 1.06 bits per heavy atom. The third kappa shape index (κ3) is 4.47. The first-order chi connectivity index (χ1) is 15.2. The molecule has 0 unspecified atom stereocenters. The molecule has 2 aliphatic carbocycles. The Kier molecular flexibility index (Phi) is 7.01. The lowest BCUT2D eigenvalue weighted by molar-refractivity contribution is 0.242. The van der Waals surface area contributed by atoms with E-state index in [1.54, 1.807) is 0 Å². The zero-order valence-corrected chi connectivity index (χ0v) is 19.5. The highest BCUT2D eigenvalue weighted by atomic mass is 35.5. The molecule has 5 nitrogen and oxygen atoms in total. The van der Waals surface area contributed by atoms with Crippen LogP contribution in [0.1, 0.15) is 75.1 Å². The van der Waals surface area contributed by atoms with Crippen molar-refractivity contribution in [2.45, 2.75) is 63.7 Å². The third-order valence-electron chi connectivity index (χ3n) is 7.16. The normalized spacial score (nSPS) is 16.9. The molecule has 2 heterocycles. The smallest absolute Gasteiger partial charge is 0.234 e. The average molecular weight is 451 g/mol. The fraction of sp³-hybridized carbons (Fsp3) is 0.500. The predicted molar refractivity (Wildman–Crippen MR) is 129 cm³/mol. The van der Waals surface area contributed by atoms with Crippen LogP contribution in [0.2, 0.25) is 0 Å². The van der Waals surface area contributed by atoms with E-state index >= 15 is 0 Å². The molecule has 2 fully saturated rings. The molecule has 2 aromatic heterocycles.